The number of hydrogen-bond donors (Lipinski definition) is 0. The monoisotopic (exact) mass is 388 g/mol. The Kier molecular flexibility index (Phi) is 7.46. The van der Waals surface area contributed by atoms with Crippen LogP contribution in [-0.4, -0.2) is 47.8 Å². The Morgan fingerprint density at radius 1 is 0.964 bits per heavy atom. The average molecular weight is 389 g/mol. The van der Waals surface area contributed by atoms with Gasteiger partial charge in [-0.05, 0) is 36.0 Å². The maximum Gasteiger partial charge on any atom is 0.223 e. The van der Waals surface area contributed by atoms with Gasteiger partial charge in [-0.2, -0.15) is 0 Å². The Hall–Kier alpha value is -1.91. The van der Waals surface area contributed by atoms with Crippen molar-refractivity contribution in [2.24, 2.45) is 5.92 Å². The molecule has 0 bridgehead atoms. The number of rotatable bonds is 6. The first-order valence-electron chi connectivity index (χ1n) is 10.8. The number of benzene rings is 1. The molecule has 1 aliphatic carbocycles. The molecule has 154 valence electrons. The van der Waals surface area contributed by atoms with E-state index in [1.807, 2.05) is 16.7 Å². The van der Waals surface area contributed by atoms with Crippen LogP contribution in [0.3, 0.4) is 0 Å². The highest BCUT2D eigenvalue weighted by atomic mass is 19.1. The van der Waals surface area contributed by atoms with E-state index in [1.54, 1.807) is 12.1 Å². The Balaban J connectivity index is 1.39. The summed E-state index contributed by atoms with van der Waals surface area (Å²) in [6.07, 6.45) is 8.63. The van der Waals surface area contributed by atoms with Crippen molar-refractivity contribution < 1.29 is 14.0 Å². The largest absolute Gasteiger partial charge is 0.339 e. The number of hydrogen-bond acceptors (Lipinski definition) is 2. The third-order valence-corrected chi connectivity index (χ3v) is 6.40. The van der Waals surface area contributed by atoms with Gasteiger partial charge < -0.3 is 9.80 Å². The summed E-state index contributed by atoms with van der Waals surface area (Å²) >= 11 is 0. The number of carbonyl (C=O) groups is 2. The minimum atomic E-state index is -0.258. The van der Waals surface area contributed by atoms with Crippen LogP contribution in [0.1, 0.15) is 69.8 Å². The van der Waals surface area contributed by atoms with Crippen molar-refractivity contribution in [3.8, 4) is 0 Å². The fourth-order valence-electron chi connectivity index (χ4n) is 4.47. The summed E-state index contributed by atoms with van der Waals surface area (Å²) in [6, 6.07) is 6.37. The van der Waals surface area contributed by atoms with Gasteiger partial charge >= 0.3 is 0 Å². The summed E-state index contributed by atoms with van der Waals surface area (Å²) in [5.41, 5.74) is 0.978. The van der Waals surface area contributed by atoms with E-state index in [4.69, 9.17) is 0 Å². The van der Waals surface area contributed by atoms with Gasteiger partial charge in [-0.15, -0.1) is 0 Å². The number of amides is 2. The van der Waals surface area contributed by atoms with Crippen molar-refractivity contribution in [2.45, 2.75) is 64.2 Å². The van der Waals surface area contributed by atoms with Crippen LogP contribution in [0.15, 0.2) is 24.3 Å². The van der Waals surface area contributed by atoms with Gasteiger partial charge in [0.2, 0.25) is 11.8 Å². The second-order valence-corrected chi connectivity index (χ2v) is 8.46. The molecule has 1 aliphatic heterocycles. The molecule has 0 spiro atoms. The molecule has 2 amide bonds. The molecule has 5 heteroatoms. The first kappa shape index (κ1) is 20.8. The van der Waals surface area contributed by atoms with Crippen molar-refractivity contribution in [1.29, 1.82) is 0 Å². The Morgan fingerprint density at radius 2 is 1.54 bits per heavy atom. The normalized spacial score (nSPS) is 19.5. The molecule has 1 heterocycles. The predicted molar refractivity (Wildman–Crippen MR) is 108 cm³/mol. The van der Waals surface area contributed by atoms with Crippen LogP contribution in [0.4, 0.5) is 4.39 Å². The molecule has 3 rings (SSSR count). The minimum Gasteiger partial charge on any atom is -0.339 e. The smallest absolute Gasteiger partial charge is 0.223 e. The van der Waals surface area contributed by atoms with Crippen LogP contribution in [0.2, 0.25) is 0 Å². The van der Waals surface area contributed by atoms with Crippen molar-refractivity contribution in [3.63, 3.8) is 0 Å². The van der Waals surface area contributed by atoms with E-state index in [2.05, 4.69) is 0 Å². The van der Waals surface area contributed by atoms with Gasteiger partial charge in [0.25, 0.3) is 0 Å². The fraction of sp³-hybridized carbons (Fsp3) is 0.652. The Labute approximate surface area is 168 Å². The van der Waals surface area contributed by atoms with E-state index in [0.29, 0.717) is 39.0 Å². The van der Waals surface area contributed by atoms with Crippen LogP contribution < -0.4 is 0 Å². The highest BCUT2D eigenvalue weighted by Gasteiger charge is 2.25. The van der Waals surface area contributed by atoms with Crippen LogP contribution in [-0.2, 0) is 9.59 Å². The second kappa shape index (κ2) is 10.0. The molecule has 28 heavy (non-hydrogen) atoms. The molecule has 2 fully saturated rings. The van der Waals surface area contributed by atoms with Crippen molar-refractivity contribution in [1.82, 2.24) is 9.80 Å². The topological polar surface area (TPSA) is 40.6 Å². The van der Waals surface area contributed by atoms with E-state index < -0.39 is 0 Å². The SMILES string of the molecule is CC(CC(=O)N1CCN(C(=O)CCC2CCCCC2)CC1)c1ccc(F)cc1. The summed E-state index contributed by atoms with van der Waals surface area (Å²) < 4.78 is 13.1. The van der Waals surface area contributed by atoms with Crippen LogP contribution in [0.5, 0.6) is 0 Å². The fourth-order valence-corrected chi connectivity index (χ4v) is 4.47. The number of piperazine rings is 1. The predicted octanol–water partition coefficient (Wildman–Crippen LogP) is 4.35. The Bertz CT molecular complexity index is 647. The molecule has 4 nitrogen and oxygen atoms in total. The average Bonchev–Trinajstić information content (AvgIpc) is 2.73. The molecule has 0 radical (unpaired) electrons. The third-order valence-electron chi connectivity index (χ3n) is 6.40. The summed E-state index contributed by atoms with van der Waals surface area (Å²) in [4.78, 5) is 28.9. The van der Waals surface area contributed by atoms with E-state index in [9.17, 15) is 14.0 Å². The minimum absolute atomic E-state index is 0.0586. The molecule has 1 saturated carbocycles. The lowest BCUT2D eigenvalue weighted by Crippen LogP contribution is -2.50. The number of halogens is 1. The molecule has 0 N–H and O–H groups in total. The maximum atomic E-state index is 13.1. The molecule has 1 saturated heterocycles. The van der Waals surface area contributed by atoms with Gasteiger partial charge in [-0.25, -0.2) is 4.39 Å². The number of nitrogens with zero attached hydrogens (tertiary/aromatic N) is 2. The summed E-state index contributed by atoms with van der Waals surface area (Å²) in [5, 5.41) is 0. The molecule has 1 unspecified atom stereocenters. The zero-order valence-electron chi connectivity index (χ0n) is 17.0. The van der Waals surface area contributed by atoms with Gasteiger partial charge in [0, 0.05) is 39.0 Å². The molecular weight excluding hydrogens is 355 g/mol. The van der Waals surface area contributed by atoms with Gasteiger partial charge in [0.1, 0.15) is 5.82 Å². The van der Waals surface area contributed by atoms with E-state index >= 15 is 0 Å². The lowest BCUT2D eigenvalue weighted by atomic mass is 9.86. The third kappa shape index (κ3) is 5.79. The maximum absolute atomic E-state index is 13.1. The van der Waals surface area contributed by atoms with Crippen molar-refractivity contribution in [2.75, 3.05) is 26.2 Å². The van der Waals surface area contributed by atoms with E-state index in [1.165, 1.54) is 44.2 Å². The zero-order valence-corrected chi connectivity index (χ0v) is 17.0. The molecule has 1 aromatic carbocycles. The lowest BCUT2D eigenvalue weighted by Gasteiger charge is -2.35. The highest BCUT2D eigenvalue weighted by Crippen LogP contribution is 2.27. The van der Waals surface area contributed by atoms with Crippen molar-refractivity contribution in [3.05, 3.63) is 35.6 Å². The quantitative estimate of drug-likeness (QED) is 0.727. The lowest BCUT2D eigenvalue weighted by molar-refractivity contribution is -0.140. The second-order valence-electron chi connectivity index (χ2n) is 8.46. The molecular formula is C23H33FN2O2. The summed E-state index contributed by atoms with van der Waals surface area (Å²) in [7, 11) is 0. The van der Waals surface area contributed by atoms with Gasteiger partial charge in [0.15, 0.2) is 0 Å². The highest BCUT2D eigenvalue weighted by molar-refractivity contribution is 5.79. The summed E-state index contributed by atoms with van der Waals surface area (Å²) in [5.74, 6) is 0.895. The Morgan fingerprint density at radius 3 is 2.14 bits per heavy atom. The number of carbonyl (C=O) groups excluding carboxylic acids is 2. The standard InChI is InChI=1S/C23H33FN2O2/c1-18(20-8-10-21(24)11-9-20)17-23(28)26-15-13-25(14-16-26)22(27)12-7-19-5-3-2-4-6-19/h8-11,18-19H,2-7,12-17H2,1H3. The van der Waals surface area contributed by atoms with Crippen LogP contribution >= 0.6 is 0 Å². The van der Waals surface area contributed by atoms with Gasteiger partial charge in [-0.1, -0.05) is 51.2 Å². The molecule has 0 aromatic heterocycles. The first-order chi connectivity index (χ1) is 13.5. The molecule has 1 aromatic rings. The van der Waals surface area contributed by atoms with Gasteiger partial charge in [-0.3, -0.25) is 9.59 Å². The van der Waals surface area contributed by atoms with E-state index in [-0.39, 0.29) is 23.5 Å². The first-order valence-corrected chi connectivity index (χ1v) is 10.8. The molecule has 2 aliphatic rings. The van der Waals surface area contributed by atoms with Gasteiger partial charge in [0.05, 0.1) is 0 Å². The summed E-state index contributed by atoms with van der Waals surface area (Å²) in [6.45, 7) is 4.50. The van der Waals surface area contributed by atoms with Crippen LogP contribution in [0, 0.1) is 11.7 Å². The van der Waals surface area contributed by atoms with E-state index in [0.717, 1.165) is 17.9 Å². The van der Waals surface area contributed by atoms with Crippen molar-refractivity contribution >= 4 is 11.8 Å². The molecule has 1 atom stereocenters. The zero-order chi connectivity index (χ0) is 19.9. The van der Waals surface area contributed by atoms with Crippen LogP contribution in [0.25, 0.3) is 0 Å².